The summed E-state index contributed by atoms with van der Waals surface area (Å²) in [5.41, 5.74) is 11.1. The fourth-order valence-electron chi connectivity index (χ4n) is 3.31. The van der Waals surface area contributed by atoms with Crippen LogP contribution in [0.25, 0.3) is 27.0 Å². The molecule has 0 aliphatic carbocycles. The van der Waals surface area contributed by atoms with Crippen molar-refractivity contribution in [3.05, 3.63) is 95.0 Å². The third-order valence-corrected chi connectivity index (χ3v) is 5.90. The van der Waals surface area contributed by atoms with Gasteiger partial charge in [0.1, 0.15) is 5.84 Å². The molecule has 0 aliphatic rings. The summed E-state index contributed by atoms with van der Waals surface area (Å²) in [5, 5.41) is 5.85. The van der Waals surface area contributed by atoms with Crippen LogP contribution >= 0.6 is 11.3 Å². The molecule has 2 aromatic heterocycles. The molecule has 0 radical (unpaired) electrons. The number of thiophene rings is 1. The molecule has 0 atom stereocenters. The van der Waals surface area contributed by atoms with Crippen LogP contribution in [-0.2, 0) is 0 Å². The molecule has 6 heteroatoms. The number of fused-ring (bicyclic) bond motifs is 1. The van der Waals surface area contributed by atoms with Crippen molar-refractivity contribution in [1.82, 2.24) is 10.3 Å². The Morgan fingerprint density at radius 2 is 1.97 bits per heavy atom. The zero-order valence-corrected chi connectivity index (χ0v) is 18.1. The lowest BCUT2D eigenvalue weighted by Gasteiger charge is -2.09. The highest BCUT2D eigenvalue weighted by Gasteiger charge is 2.11. The number of hydrogen-bond acceptors (Lipinski definition) is 5. The topological polar surface area (TPSA) is 80.4 Å². The molecule has 4 aromatic rings. The lowest BCUT2D eigenvalue weighted by molar-refractivity contribution is 0.0977. The van der Waals surface area contributed by atoms with Crippen LogP contribution in [-0.4, -0.2) is 23.8 Å². The van der Waals surface area contributed by atoms with Crippen molar-refractivity contribution >= 4 is 39.7 Å². The summed E-state index contributed by atoms with van der Waals surface area (Å²) >= 11 is 1.67. The molecule has 0 fully saturated rings. The first-order chi connectivity index (χ1) is 15.0. The molecule has 2 aromatic carbocycles. The van der Waals surface area contributed by atoms with E-state index in [0.29, 0.717) is 17.1 Å². The number of amides is 1. The summed E-state index contributed by atoms with van der Waals surface area (Å²) in [4.78, 5) is 22.7. The van der Waals surface area contributed by atoms with Crippen LogP contribution in [0.4, 0.5) is 0 Å². The molecule has 0 bridgehead atoms. The van der Waals surface area contributed by atoms with E-state index in [1.165, 1.54) is 0 Å². The standard InChI is InChI=1S/C25H22N4OS/c1-16-6-3-4-7-20(16)21(26)14-24(27-2)29-25(30)18-10-9-17-12-19(15-28-22(17)13-18)23-8-5-11-31-23/h3-15H,26H2,1-2H3,(H,27,29,30). The Labute approximate surface area is 185 Å². The van der Waals surface area contributed by atoms with E-state index < -0.39 is 0 Å². The first kappa shape index (κ1) is 20.5. The Hall–Kier alpha value is -3.77. The van der Waals surface area contributed by atoms with Gasteiger partial charge in [0.25, 0.3) is 5.91 Å². The van der Waals surface area contributed by atoms with Crippen LogP contribution in [0, 0.1) is 6.92 Å². The van der Waals surface area contributed by atoms with Crippen molar-refractivity contribution in [3.63, 3.8) is 0 Å². The number of carbonyl (C=O) groups is 1. The molecule has 0 unspecified atom stereocenters. The predicted molar refractivity (Wildman–Crippen MR) is 129 cm³/mol. The molecule has 0 saturated carbocycles. The number of nitrogens with one attached hydrogen (secondary N) is 1. The number of carbonyl (C=O) groups excluding carboxylic acids is 1. The quantitative estimate of drug-likeness (QED) is 0.355. The van der Waals surface area contributed by atoms with Gasteiger partial charge in [0.2, 0.25) is 0 Å². The summed E-state index contributed by atoms with van der Waals surface area (Å²) in [6, 6.07) is 19.5. The van der Waals surface area contributed by atoms with Gasteiger partial charge in [-0.1, -0.05) is 36.4 Å². The Bertz CT molecular complexity index is 1310. The SMILES string of the molecule is CN=C(C=C(N)c1ccccc1C)NC(=O)c1ccc2cc(-c3cccs3)cnc2c1. The normalized spacial score (nSPS) is 12.2. The van der Waals surface area contributed by atoms with Crippen molar-refractivity contribution in [2.45, 2.75) is 6.92 Å². The van der Waals surface area contributed by atoms with E-state index in [9.17, 15) is 4.79 Å². The van der Waals surface area contributed by atoms with Crippen LogP contribution < -0.4 is 11.1 Å². The van der Waals surface area contributed by atoms with E-state index in [1.54, 1.807) is 36.6 Å². The molecule has 5 nitrogen and oxygen atoms in total. The fraction of sp³-hybridized carbons (Fsp3) is 0.0800. The van der Waals surface area contributed by atoms with Crippen molar-refractivity contribution in [2.75, 3.05) is 7.05 Å². The number of hydrogen-bond donors (Lipinski definition) is 2. The van der Waals surface area contributed by atoms with Gasteiger partial charge in [0, 0.05) is 52.0 Å². The van der Waals surface area contributed by atoms with E-state index in [1.807, 2.05) is 54.9 Å². The summed E-state index contributed by atoms with van der Waals surface area (Å²) < 4.78 is 0. The second-order valence-corrected chi connectivity index (χ2v) is 8.03. The molecule has 0 spiro atoms. The largest absolute Gasteiger partial charge is 0.398 e. The summed E-state index contributed by atoms with van der Waals surface area (Å²) in [6.45, 7) is 1.99. The van der Waals surface area contributed by atoms with Gasteiger partial charge in [-0.2, -0.15) is 0 Å². The van der Waals surface area contributed by atoms with E-state index in [0.717, 1.165) is 32.5 Å². The van der Waals surface area contributed by atoms with Crippen LogP contribution in [0.1, 0.15) is 21.5 Å². The number of aliphatic imine (C=N–C) groups is 1. The van der Waals surface area contributed by atoms with E-state index >= 15 is 0 Å². The molecule has 31 heavy (non-hydrogen) atoms. The van der Waals surface area contributed by atoms with Crippen LogP contribution in [0.5, 0.6) is 0 Å². The molecular formula is C25H22N4OS. The first-order valence-corrected chi connectivity index (χ1v) is 10.7. The monoisotopic (exact) mass is 426 g/mol. The van der Waals surface area contributed by atoms with Gasteiger partial charge < -0.3 is 11.1 Å². The van der Waals surface area contributed by atoms with Gasteiger partial charge in [0.15, 0.2) is 0 Å². The number of nitrogens with two attached hydrogens (primary N) is 1. The number of pyridine rings is 1. The number of rotatable bonds is 4. The molecule has 4 rings (SSSR count). The maximum absolute atomic E-state index is 12.8. The smallest absolute Gasteiger partial charge is 0.256 e. The molecule has 0 aliphatic heterocycles. The van der Waals surface area contributed by atoms with Gasteiger partial charge in [-0.05, 0) is 42.1 Å². The second kappa shape index (κ2) is 8.93. The van der Waals surface area contributed by atoms with E-state index in [4.69, 9.17) is 5.73 Å². The summed E-state index contributed by atoms with van der Waals surface area (Å²) in [7, 11) is 1.62. The van der Waals surface area contributed by atoms with E-state index in [-0.39, 0.29) is 5.91 Å². The Morgan fingerprint density at radius 1 is 1.13 bits per heavy atom. The molecule has 0 saturated heterocycles. The highest BCUT2D eigenvalue weighted by atomic mass is 32.1. The zero-order chi connectivity index (χ0) is 21.8. The summed E-state index contributed by atoms with van der Waals surface area (Å²) in [5.74, 6) is 0.132. The maximum Gasteiger partial charge on any atom is 0.256 e. The van der Waals surface area contributed by atoms with Crippen molar-refractivity contribution in [3.8, 4) is 10.4 Å². The Balaban J connectivity index is 1.55. The molecular weight excluding hydrogens is 404 g/mol. The highest BCUT2D eigenvalue weighted by Crippen LogP contribution is 2.27. The minimum atomic E-state index is -0.263. The minimum Gasteiger partial charge on any atom is -0.398 e. The zero-order valence-electron chi connectivity index (χ0n) is 17.3. The van der Waals surface area contributed by atoms with Gasteiger partial charge in [-0.25, -0.2) is 0 Å². The highest BCUT2D eigenvalue weighted by molar-refractivity contribution is 7.13. The van der Waals surface area contributed by atoms with Crippen LogP contribution in [0.3, 0.4) is 0 Å². The fourth-order valence-corrected chi connectivity index (χ4v) is 4.02. The number of aromatic nitrogens is 1. The van der Waals surface area contributed by atoms with Crippen LogP contribution in [0.15, 0.2) is 83.3 Å². The number of amidine groups is 1. The average Bonchev–Trinajstić information content (AvgIpc) is 3.33. The first-order valence-electron chi connectivity index (χ1n) is 9.80. The van der Waals surface area contributed by atoms with Gasteiger partial charge in [-0.3, -0.25) is 14.8 Å². The Morgan fingerprint density at radius 3 is 2.71 bits per heavy atom. The van der Waals surface area contributed by atoms with Gasteiger partial charge >= 0.3 is 0 Å². The van der Waals surface area contributed by atoms with Gasteiger partial charge in [-0.15, -0.1) is 11.3 Å². The number of nitrogens with zero attached hydrogens (tertiary/aromatic N) is 2. The molecule has 1 amide bonds. The second-order valence-electron chi connectivity index (χ2n) is 7.09. The van der Waals surface area contributed by atoms with Crippen molar-refractivity contribution < 1.29 is 4.79 Å². The lowest BCUT2D eigenvalue weighted by atomic mass is 10.1. The summed E-state index contributed by atoms with van der Waals surface area (Å²) in [6.07, 6.45) is 3.51. The molecule has 3 N–H and O–H groups in total. The Kier molecular flexibility index (Phi) is 5.91. The van der Waals surface area contributed by atoms with Crippen molar-refractivity contribution in [1.29, 1.82) is 0 Å². The lowest BCUT2D eigenvalue weighted by Crippen LogP contribution is -2.29. The van der Waals surface area contributed by atoms with Gasteiger partial charge in [0.05, 0.1) is 5.52 Å². The third kappa shape index (κ3) is 4.54. The number of aryl methyl sites for hydroxylation is 1. The van der Waals surface area contributed by atoms with Crippen LogP contribution in [0.2, 0.25) is 0 Å². The molecule has 154 valence electrons. The van der Waals surface area contributed by atoms with Crippen molar-refractivity contribution in [2.24, 2.45) is 10.7 Å². The minimum absolute atomic E-state index is 0.263. The maximum atomic E-state index is 12.8. The van der Waals surface area contributed by atoms with E-state index in [2.05, 4.69) is 27.4 Å². The number of benzene rings is 2. The predicted octanol–water partition coefficient (Wildman–Crippen LogP) is 5.03. The molecule has 2 heterocycles. The average molecular weight is 427 g/mol. The third-order valence-electron chi connectivity index (χ3n) is 4.98.